The molecule has 18 heavy (non-hydrogen) atoms. The highest BCUT2D eigenvalue weighted by molar-refractivity contribution is 7.13. The lowest BCUT2D eigenvalue weighted by molar-refractivity contribution is -0.142. The summed E-state index contributed by atoms with van der Waals surface area (Å²) in [5.74, 6) is -0.845. The number of aromatic nitrogens is 1. The highest BCUT2D eigenvalue weighted by atomic mass is 32.1. The van der Waals surface area contributed by atoms with Crippen LogP contribution in [0.15, 0.2) is 5.38 Å². The first kappa shape index (κ1) is 15.0. The highest BCUT2D eigenvalue weighted by Crippen LogP contribution is 2.27. The first-order valence-corrected chi connectivity index (χ1v) is 7.29. The fraction of sp³-hybridized carbons (Fsp3) is 0.692. The number of unbranched alkanes of at least 4 members (excludes halogenated alkanes) is 3. The number of carboxylic acid groups (broad SMARTS) is 1. The van der Waals surface area contributed by atoms with Gasteiger partial charge in [0, 0.05) is 11.9 Å². The van der Waals surface area contributed by atoms with Crippen molar-refractivity contribution in [3.05, 3.63) is 11.1 Å². The van der Waals surface area contributed by atoms with Crippen LogP contribution >= 0.6 is 11.3 Å². The third-order valence-corrected chi connectivity index (χ3v) is 3.79. The normalized spacial score (nSPS) is 11.5. The van der Waals surface area contributed by atoms with Crippen LogP contribution in [0.2, 0.25) is 0 Å². The number of carbonyl (C=O) groups is 1. The van der Waals surface area contributed by atoms with Gasteiger partial charge in [0.15, 0.2) is 5.13 Å². The number of hydrogen-bond acceptors (Lipinski definition) is 4. The molecule has 4 nitrogen and oxygen atoms in total. The molecule has 0 bridgehead atoms. The van der Waals surface area contributed by atoms with E-state index in [1.165, 1.54) is 30.6 Å². The molecule has 1 rings (SSSR count). The van der Waals surface area contributed by atoms with Crippen molar-refractivity contribution in [2.45, 2.75) is 51.9 Å². The zero-order valence-electron chi connectivity index (χ0n) is 11.3. The van der Waals surface area contributed by atoms with Crippen LogP contribution in [0.3, 0.4) is 0 Å². The molecule has 0 unspecified atom stereocenters. The number of nitrogens with one attached hydrogen (secondary N) is 1. The maximum absolute atomic E-state index is 11.1. The fourth-order valence-corrected chi connectivity index (χ4v) is 2.41. The van der Waals surface area contributed by atoms with Gasteiger partial charge in [-0.25, -0.2) is 4.98 Å². The zero-order chi connectivity index (χ0) is 13.6. The molecule has 0 radical (unpaired) electrons. The summed E-state index contributed by atoms with van der Waals surface area (Å²) < 4.78 is 0. The molecule has 0 aliphatic heterocycles. The molecule has 0 aliphatic carbocycles. The first-order valence-electron chi connectivity index (χ1n) is 6.41. The van der Waals surface area contributed by atoms with Crippen LogP contribution in [0.25, 0.3) is 0 Å². The van der Waals surface area contributed by atoms with E-state index < -0.39 is 11.4 Å². The zero-order valence-corrected chi connectivity index (χ0v) is 12.1. The standard InChI is InChI=1S/C13H22N2O2S/c1-4-5-6-7-8-14-12-15-10(9-18-12)13(2,3)11(16)17/h9H,4-8H2,1-3H3,(H,14,15)(H,16,17). The Bertz CT molecular complexity index is 388. The van der Waals surface area contributed by atoms with Crippen molar-refractivity contribution in [2.24, 2.45) is 0 Å². The van der Waals surface area contributed by atoms with Gasteiger partial charge in [0.1, 0.15) is 5.41 Å². The summed E-state index contributed by atoms with van der Waals surface area (Å²) in [6, 6.07) is 0. The van der Waals surface area contributed by atoms with Crippen LogP contribution in [-0.2, 0) is 10.2 Å². The van der Waals surface area contributed by atoms with Crippen LogP contribution in [0, 0.1) is 0 Å². The van der Waals surface area contributed by atoms with E-state index in [9.17, 15) is 4.79 Å². The van der Waals surface area contributed by atoms with E-state index in [2.05, 4.69) is 17.2 Å². The van der Waals surface area contributed by atoms with Gasteiger partial charge in [-0.15, -0.1) is 11.3 Å². The Morgan fingerprint density at radius 3 is 2.78 bits per heavy atom. The molecule has 0 aromatic carbocycles. The molecule has 0 saturated carbocycles. The Morgan fingerprint density at radius 1 is 1.44 bits per heavy atom. The Hall–Kier alpha value is -1.10. The molecule has 1 heterocycles. The highest BCUT2D eigenvalue weighted by Gasteiger charge is 2.32. The number of nitrogens with zero attached hydrogens (tertiary/aromatic N) is 1. The topological polar surface area (TPSA) is 62.2 Å². The average molecular weight is 270 g/mol. The summed E-state index contributed by atoms with van der Waals surface area (Å²) in [6.45, 7) is 6.44. The van der Waals surface area contributed by atoms with Gasteiger partial charge in [-0.2, -0.15) is 0 Å². The van der Waals surface area contributed by atoms with Crippen molar-refractivity contribution < 1.29 is 9.90 Å². The smallest absolute Gasteiger partial charge is 0.315 e. The minimum atomic E-state index is -0.918. The van der Waals surface area contributed by atoms with Crippen molar-refractivity contribution in [1.82, 2.24) is 4.98 Å². The molecule has 5 heteroatoms. The fourth-order valence-electron chi connectivity index (χ4n) is 1.50. The van der Waals surface area contributed by atoms with Gasteiger partial charge < -0.3 is 10.4 Å². The third kappa shape index (κ3) is 3.98. The number of anilines is 1. The van der Waals surface area contributed by atoms with E-state index in [0.717, 1.165) is 18.1 Å². The monoisotopic (exact) mass is 270 g/mol. The van der Waals surface area contributed by atoms with E-state index in [0.29, 0.717) is 5.69 Å². The molecule has 1 aromatic rings. The van der Waals surface area contributed by atoms with E-state index >= 15 is 0 Å². The van der Waals surface area contributed by atoms with Crippen LogP contribution in [0.5, 0.6) is 0 Å². The van der Waals surface area contributed by atoms with Gasteiger partial charge >= 0.3 is 5.97 Å². The molecule has 0 atom stereocenters. The number of thiazole rings is 1. The second-order valence-electron chi connectivity index (χ2n) is 4.96. The van der Waals surface area contributed by atoms with E-state index in [4.69, 9.17) is 5.11 Å². The molecule has 0 amide bonds. The van der Waals surface area contributed by atoms with Gasteiger partial charge in [-0.3, -0.25) is 4.79 Å². The number of rotatable bonds is 8. The van der Waals surface area contributed by atoms with E-state index in [1.807, 2.05) is 5.38 Å². The molecule has 0 fully saturated rings. The second-order valence-corrected chi connectivity index (χ2v) is 5.81. The minimum Gasteiger partial charge on any atom is -0.481 e. The summed E-state index contributed by atoms with van der Waals surface area (Å²) in [6.07, 6.45) is 4.85. The van der Waals surface area contributed by atoms with Crippen molar-refractivity contribution in [3.63, 3.8) is 0 Å². The second kappa shape index (κ2) is 6.73. The summed E-state index contributed by atoms with van der Waals surface area (Å²) in [5, 5.41) is 15.0. The van der Waals surface area contributed by atoms with Crippen molar-refractivity contribution in [2.75, 3.05) is 11.9 Å². The van der Waals surface area contributed by atoms with Crippen molar-refractivity contribution in [3.8, 4) is 0 Å². The largest absolute Gasteiger partial charge is 0.481 e. The van der Waals surface area contributed by atoms with Gasteiger partial charge in [0.05, 0.1) is 5.69 Å². The maximum atomic E-state index is 11.1. The Kier molecular flexibility index (Phi) is 5.59. The van der Waals surface area contributed by atoms with Crippen LogP contribution in [0.1, 0.15) is 52.1 Å². The number of carboxylic acids is 1. The van der Waals surface area contributed by atoms with Crippen LogP contribution in [0.4, 0.5) is 5.13 Å². The Labute approximate surface area is 112 Å². The predicted molar refractivity (Wildman–Crippen MR) is 75.4 cm³/mol. The third-order valence-electron chi connectivity index (χ3n) is 2.99. The number of aliphatic carboxylic acids is 1. The molecule has 1 aromatic heterocycles. The van der Waals surface area contributed by atoms with Gasteiger partial charge in [0.25, 0.3) is 0 Å². The quantitative estimate of drug-likeness (QED) is 0.710. The van der Waals surface area contributed by atoms with E-state index in [1.54, 1.807) is 13.8 Å². The molecule has 0 aliphatic rings. The summed E-state index contributed by atoms with van der Waals surface area (Å²) >= 11 is 1.47. The first-order chi connectivity index (χ1) is 8.48. The molecule has 102 valence electrons. The lowest BCUT2D eigenvalue weighted by Gasteiger charge is -2.15. The van der Waals surface area contributed by atoms with E-state index in [-0.39, 0.29) is 0 Å². The average Bonchev–Trinajstić information content (AvgIpc) is 2.78. The summed E-state index contributed by atoms with van der Waals surface area (Å²) in [7, 11) is 0. The summed E-state index contributed by atoms with van der Waals surface area (Å²) in [5.41, 5.74) is -0.297. The molecular formula is C13H22N2O2S. The number of hydrogen-bond donors (Lipinski definition) is 2. The predicted octanol–water partition coefficient (Wildman–Crippen LogP) is 3.50. The van der Waals surface area contributed by atoms with Gasteiger partial charge in [0.2, 0.25) is 0 Å². The van der Waals surface area contributed by atoms with Crippen LogP contribution < -0.4 is 5.32 Å². The minimum absolute atomic E-state index is 0.621. The van der Waals surface area contributed by atoms with Gasteiger partial charge in [-0.05, 0) is 20.3 Å². The van der Waals surface area contributed by atoms with Crippen molar-refractivity contribution in [1.29, 1.82) is 0 Å². The molecule has 0 saturated heterocycles. The summed E-state index contributed by atoms with van der Waals surface area (Å²) in [4.78, 5) is 15.5. The molecular weight excluding hydrogens is 248 g/mol. The lowest BCUT2D eigenvalue weighted by atomic mass is 9.90. The van der Waals surface area contributed by atoms with Crippen LogP contribution in [-0.4, -0.2) is 22.6 Å². The SMILES string of the molecule is CCCCCCNc1nc(C(C)(C)C(=O)O)cs1. The Morgan fingerprint density at radius 2 is 2.17 bits per heavy atom. The maximum Gasteiger partial charge on any atom is 0.315 e. The molecule has 2 N–H and O–H groups in total. The lowest BCUT2D eigenvalue weighted by Crippen LogP contribution is -2.28. The van der Waals surface area contributed by atoms with Crippen molar-refractivity contribution >= 4 is 22.4 Å². The Balaban J connectivity index is 2.46. The van der Waals surface area contributed by atoms with Gasteiger partial charge in [-0.1, -0.05) is 26.2 Å². The molecule has 0 spiro atoms.